The Morgan fingerprint density at radius 3 is 2.84 bits per heavy atom. The van der Waals surface area contributed by atoms with Gasteiger partial charge >= 0.3 is 0 Å². The highest BCUT2D eigenvalue weighted by Gasteiger charge is 2.34. The van der Waals surface area contributed by atoms with Crippen molar-refractivity contribution < 1.29 is 19.0 Å². The number of carbonyl (C=O) groups is 1. The van der Waals surface area contributed by atoms with Crippen molar-refractivity contribution >= 4 is 5.91 Å². The minimum Gasteiger partial charge on any atom is -0.507 e. The molecule has 5 heteroatoms. The third kappa shape index (κ3) is 3.04. The Kier molecular flexibility index (Phi) is 3.49. The fraction of sp³-hybridized carbons (Fsp3) is 0.500. The largest absolute Gasteiger partial charge is 0.507 e. The van der Waals surface area contributed by atoms with E-state index in [0.29, 0.717) is 13.1 Å². The standard InChI is InChI=1S/C14H18FNO3/c1-9-7-16(8-14(2,3)19-9)13(18)11-6-10(15)4-5-12(11)17/h4-6,9,17H,7-8H2,1-3H3. The predicted octanol–water partition coefficient (Wildman–Crippen LogP) is 2.17. The Hall–Kier alpha value is -1.62. The molecule has 19 heavy (non-hydrogen) atoms. The third-order valence-corrected chi connectivity index (χ3v) is 3.05. The van der Waals surface area contributed by atoms with E-state index in [1.54, 1.807) is 4.90 Å². The summed E-state index contributed by atoms with van der Waals surface area (Å²) < 4.78 is 18.9. The van der Waals surface area contributed by atoms with Gasteiger partial charge in [0.2, 0.25) is 0 Å². The van der Waals surface area contributed by atoms with Gasteiger partial charge in [0, 0.05) is 13.1 Å². The minimum absolute atomic E-state index is 0.00935. The maximum absolute atomic E-state index is 13.2. The molecule has 104 valence electrons. The average Bonchev–Trinajstić information content (AvgIpc) is 2.29. The van der Waals surface area contributed by atoms with E-state index in [1.165, 1.54) is 6.07 Å². The number of amides is 1. The van der Waals surface area contributed by atoms with Gasteiger partial charge in [-0.15, -0.1) is 0 Å². The van der Waals surface area contributed by atoms with E-state index >= 15 is 0 Å². The Bertz CT molecular complexity index is 501. The molecule has 1 heterocycles. The third-order valence-electron chi connectivity index (χ3n) is 3.05. The molecule has 1 atom stereocenters. The summed E-state index contributed by atoms with van der Waals surface area (Å²) in [5.41, 5.74) is -0.457. The summed E-state index contributed by atoms with van der Waals surface area (Å²) in [7, 11) is 0. The van der Waals surface area contributed by atoms with Crippen LogP contribution in [-0.2, 0) is 4.74 Å². The number of phenols is 1. The summed E-state index contributed by atoms with van der Waals surface area (Å²) in [6.45, 7) is 6.51. The van der Waals surface area contributed by atoms with Crippen LogP contribution in [0.2, 0.25) is 0 Å². The molecule has 2 rings (SSSR count). The van der Waals surface area contributed by atoms with E-state index in [2.05, 4.69) is 0 Å². The van der Waals surface area contributed by atoms with E-state index in [-0.39, 0.29) is 23.3 Å². The number of carbonyl (C=O) groups excluding carboxylic acids is 1. The van der Waals surface area contributed by atoms with E-state index < -0.39 is 11.4 Å². The van der Waals surface area contributed by atoms with Crippen LogP contribution in [0, 0.1) is 5.82 Å². The first-order valence-corrected chi connectivity index (χ1v) is 6.24. The highest BCUT2D eigenvalue weighted by atomic mass is 19.1. The summed E-state index contributed by atoms with van der Waals surface area (Å²) in [5.74, 6) is -1.12. The molecular formula is C14H18FNO3. The summed E-state index contributed by atoms with van der Waals surface area (Å²) in [5, 5.41) is 9.69. The molecule has 0 radical (unpaired) electrons. The van der Waals surface area contributed by atoms with Gasteiger partial charge in [-0.2, -0.15) is 0 Å². The average molecular weight is 267 g/mol. The summed E-state index contributed by atoms with van der Waals surface area (Å²) >= 11 is 0. The zero-order valence-corrected chi connectivity index (χ0v) is 11.3. The van der Waals surface area contributed by atoms with Crippen molar-refractivity contribution in [1.29, 1.82) is 0 Å². The van der Waals surface area contributed by atoms with E-state index in [9.17, 15) is 14.3 Å². The molecule has 1 N–H and O–H groups in total. The molecule has 1 fully saturated rings. The molecule has 4 nitrogen and oxygen atoms in total. The number of morpholine rings is 1. The maximum Gasteiger partial charge on any atom is 0.257 e. The Morgan fingerprint density at radius 2 is 2.21 bits per heavy atom. The Labute approximate surface area is 111 Å². The van der Waals surface area contributed by atoms with Crippen molar-refractivity contribution in [3.8, 4) is 5.75 Å². The first kappa shape index (κ1) is 13.8. The van der Waals surface area contributed by atoms with Crippen molar-refractivity contribution in [2.75, 3.05) is 13.1 Å². The van der Waals surface area contributed by atoms with Gasteiger partial charge in [0.15, 0.2) is 0 Å². The van der Waals surface area contributed by atoms with Crippen molar-refractivity contribution in [2.24, 2.45) is 0 Å². The van der Waals surface area contributed by atoms with Gasteiger partial charge in [0.25, 0.3) is 5.91 Å². The highest BCUT2D eigenvalue weighted by Crippen LogP contribution is 2.25. The van der Waals surface area contributed by atoms with Gasteiger partial charge in [-0.25, -0.2) is 4.39 Å². The minimum atomic E-state index is -0.540. The van der Waals surface area contributed by atoms with E-state index in [0.717, 1.165) is 12.1 Å². The lowest BCUT2D eigenvalue weighted by molar-refractivity contribution is -0.118. The zero-order valence-electron chi connectivity index (χ0n) is 11.3. The molecule has 1 unspecified atom stereocenters. The summed E-state index contributed by atoms with van der Waals surface area (Å²) in [6, 6.07) is 3.38. The van der Waals surface area contributed by atoms with Crippen molar-refractivity contribution in [3.63, 3.8) is 0 Å². The number of aromatic hydroxyl groups is 1. The quantitative estimate of drug-likeness (QED) is 0.848. The molecule has 1 aromatic carbocycles. The van der Waals surface area contributed by atoms with Gasteiger partial charge in [0.05, 0.1) is 17.3 Å². The Morgan fingerprint density at radius 1 is 1.53 bits per heavy atom. The fourth-order valence-corrected chi connectivity index (χ4v) is 2.46. The summed E-state index contributed by atoms with van der Waals surface area (Å²) in [6.07, 6.45) is -0.0941. The van der Waals surface area contributed by atoms with Gasteiger partial charge in [0.1, 0.15) is 11.6 Å². The molecule has 1 aliphatic rings. The first-order valence-electron chi connectivity index (χ1n) is 6.24. The lowest BCUT2D eigenvalue weighted by Gasteiger charge is -2.41. The van der Waals surface area contributed by atoms with Crippen LogP contribution in [0.5, 0.6) is 5.75 Å². The first-order chi connectivity index (χ1) is 8.78. The van der Waals surface area contributed by atoms with Crippen LogP contribution in [0.4, 0.5) is 4.39 Å². The molecule has 1 aliphatic heterocycles. The normalized spacial score (nSPS) is 22.3. The molecule has 1 amide bonds. The van der Waals surface area contributed by atoms with Crippen LogP contribution in [-0.4, -0.2) is 40.7 Å². The van der Waals surface area contributed by atoms with Crippen LogP contribution in [0.3, 0.4) is 0 Å². The molecule has 0 saturated carbocycles. The second-order valence-electron chi connectivity index (χ2n) is 5.54. The number of rotatable bonds is 1. The number of hydrogen-bond acceptors (Lipinski definition) is 3. The number of nitrogens with zero attached hydrogens (tertiary/aromatic N) is 1. The molecule has 0 spiro atoms. The molecule has 1 saturated heterocycles. The number of halogens is 1. The number of phenolic OH excluding ortho intramolecular Hbond substituents is 1. The number of ether oxygens (including phenoxy) is 1. The molecule has 0 bridgehead atoms. The van der Waals surface area contributed by atoms with Gasteiger partial charge in [-0.05, 0) is 39.0 Å². The van der Waals surface area contributed by atoms with E-state index in [4.69, 9.17) is 4.74 Å². The smallest absolute Gasteiger partial charge is 0.257 e. The lowest BCUT2D eigenvalue weighted by atomic mass is 10.0. The second-order valence-corrected chi connectivity index (χ2v) is 5.54. The molecule has 1 aromatic rings. The summed E-state index contributed by atoms with van der Waals surface area (Å²) in [4.78, 5) is 13.9. The number of benzene rings is 1. The number of hydrogen-bond donors (Lipinski definition) is 1. The SMILES string of the molecule is CC1CN(C(=O)c2cc(F)ccc2O)CC(C)(C)O1. The van der Waals surface area contributed by atoms with Crippen LogP contribution in [0.25, 0.3) is 0 Å². The second kappa shape index (κ2) is 4.81. The molecule has 0 aromatic heterocycles. The zero-order chi connectivity index (χ0) is 14.2. The fourth-order valence-electron chi connectivity index (χ4n) is 2.46. The van der Waals surface area contributed by atoms with E-state index in [1.807, 2.05) is 20.8 Å². The molecule has 0 aliphatic carbocycles. The van der Waals surface area contributed by atoms with Crippen LogP contribution < -0.4 is 0 Å². The van der Waals surface area contributed by atoms with Crippen LogP contribution in [0.1, 0.15) is 31.1 Å². The van der Waals surface area contributed by atoms with Crippen molar-refractivity contribution in [2.45, 2.75) is 32.5 Å². The van der Waals surface area contributed by atoms with Crippen LogP contribution >= 0.6 is 0 Å². The van der Waals surface area contributed by atoms with Gasteiger partial charge in [-0.3, -0.25) is 4.79 Å². The Balaban J connectivity index is 2.26. The predicted molar refractivity (Wildman–Crippen MR) is 68.6 cm³/mol. The van der Waals surface area contributed by atoms with Gasteiger partial charge < -0.3 is 14.7 Å². The van der Waals surface area contributed by atoms with Gasteiger partial charge in [-0.1, -0.05) is 0 Å². The monoisotopic (exact) mass is 267 g/mol. The molecular weight excluding hydrogens is 249 g/mol. The van der Waals surface area contributed by atoms with Crippen molar-refractivity contribution in [1.82, 2.24) is 4.90 Å². The topological polar surface area (TPSA) is 49.8 Å². The van der Waals surface area contributed by atoms with Crippen molar-refractivity contribution in [3.05, 3.63) is 29.6 Å². The lowest BCUT2D eigenvalue weighted by Crippen LogP contribution is -2.53. The van der Waals surface area contributed by atoms with Crippen LogP contribution in [0.15, 0.2) is 18.2 Å². The maximum atomic E-state index is 13.2. The highest BCUT2D eigenvalue weighted by molar-refractivity contribution is 5.97.